The van der Waals surface area contributed by atoms with Gasteiger partial charge in [0.2, 0.25) is 0 Å². The van der Waals surface area contributed by atoms with Crippen molar-refractivity contribution >= 4 is 6.79 Å². The molecule has 6 heteroatoms. The Hall–Kier alpha value is -1.57. The van der Waals surface area contributed by atoms with Gasteiger partial charge in [-0.05, 0) is 129 Å². The summed E-state index contributed by atoms with van der Waals surface area (Å²) in [7, 11) is 0. The van der Waals surface area contributed by atoms with Crippen molar-refractivity contribution in [2.75, 3.05) is 46.1 Å². The predicted octanol–water partition coefficient (Wildman–Crippen LogP) is 16.2. The van der Waals surface area contributed by atoms with Crippen molar-refractivity contribution in [3.63, 3.8) is 0 Å². The van der Waals surface area contributed by atoms with Gasteiger partial charge in [-0.25, -0.2) is 19.6 Å². The summed E-state index contributed by atoms with van der Waals surface area (Å²) in [5.74, 6) is 0. The van der Waals surface area contributed by atoms with Crippen LogP contribution >= 0.6 is 0 Å². The van der Waals surface area contributed by atoms with Gasteiger partial charge in [0.05, 0.1) is 26.4 Å². The van der Waals surface area contributed by atoms with Crippen molar-refractivity contribution in [2.45, 2.75) is 233 Å². The van der Waals surface area contributed by atoms with Crippen molar-refractivity contribution < 1.29 is 24.3 Å². The van der Waals surface area contributed by atoms with Gasteiger partial charge in [-0.1, -0.05) is 172 Å². The number of hydrogen-bond donors (Lipinski definition) is 0. The van der Waals surface area contributed by atoms with E-state index in [1.165, 1.54) is 193 Å². The van der Waals surface area contributed by atoms with Gasteiger partial charge in [-0.2, -0.15) is 0 Å². The normalized spacial score (nSPS) is 13.3. The van der Waals surface area contributed by atoms with Crippen LogP contribution in [0.15, 0.2) is 48.6 Å². The summed E-state index contributed by atoms with van der Waals surface area (Å²) in [5.41, 5.74) is 0. The van der Waals surface area contributed by atoms with Crippen LogP contribution in [0.1, 0.15) is 233 Å². The standard InChI is InChI=1S/C43H80O4.C8H17N.CH2O/c1-3-5-7-9-11-13-15-17-19-21-23-25-27-29-32-36-40-44-46-42-38-34-31-35-39-43-47-45-41-37-33-30-28-26-24-22-20-18-16-14-12-10-8-6-4-2;1-2-3-6-9-7-4-5-8-9;1-2/h11-14,17-20H,3-10,15-16,21-43H2,1-2H3;2-8H2,1H3;1H2/b13-11-,14-12-,19-17-,20-18-;;. The molecule has 0 aliphatic carbocycles. The van der Waals surface area contributed by atoms with Crippen molar-refractivity contribution in [1.82, 2.24) is 4.90 Å². The molecule has 0 aromatic rings. The van der Waals surface area contributed by atoms with E-state index < -0.39 is 0 Å². The number of carbonyl (C=O) groups excluding carboxylic acids is 1. The molecular weight excluding hydrogens is 719 g/mol. The summed E-state index contributed by atoms with van der Waals surface area (Å²) in [6.07, 6.45) is 60.3. The zero-order valence-corrected chi connectivity index (χ0v) is 39.1. The average molecular weight is 818 g/mol. The highest BCUT2D eigenvalue weighted by Gasteiger charge is 2.09. The Morgan fingerprint density at radius 2 is 0.638 bits per heavy atom. The molecule has 1 rings (SSSR count). The van der Waals surface area contributed by atoms with E-state index in [-0.39, 0.29) is 0 Å². The molecule has 0 aromatic heterocycles. The predicted molar refractivity (Wildman–Crippen MR) is 253 cm³/mol. The second kappa shape index (κ2) is 57.5. The van der Waals surface area contributed by atoms with Crippen LogP contribution < -0.4 is 0 Å². The highest BCUT2D eigenvalue weighted by atomic mass is 17.2. The van der Waals surface area contributed by atoms with E-state index in [0.717, 1.165) is 51.7 Å². The Bertz CT molecular complexity index is 782. The van der Waals surface area contributed by atoms with Crippen molar-refractivity contribution in [3.8, 4) is 0 Å². The number of hydrogen-bond acceptors (Lipinski definition) is 6. The first-order chi connectivity index (χ1) is 28.8. The lowest BCUT2D eigenvalue weighted by Gasteiger charge is -2.12. The maximum Gasteiger partial charge on any atom is 0.106 e. The SMILES string of the molecule is C=O.CCCCC/C=C\C/C=C\CCCCCCCCOOCCCCCCCOOCCCCCCCC/C=C\C/C=C\CCCCC.CCCCN1CCCC1. The molecule has 1 fully saturated rings. The Kier molecular flexibility index (Phi) is 58.0. The first-order valence-corrected chi connectivity index (χ1v) is 24.9. The fourth-order valence-electron chi connectivity index (χ4n) is 6.77. The number of likely N-dealkylation sites (tertiary alicyclic amines) is 1. The Labute approximate surface area is 362 Å². The monoisotopic (exact) mass is 818 g/mol. The Morgan fingerprint density at radius 1 is 0.362 bits per heavy atom. The van der Waals surface area contributed by atoms with Crippen LogP contribution in [0.5, 0.6) is 0 Å². The summed E-state index contributed by atoms with van der Waals surface area (Å²) in [4.78, 5) is 32.0. The smallest absolute Gasteiger partial charge is 0.106 e. The third kappa shape index (κ3) is 54.4. The Morgan fingerprint density at radius 3 is 0.948 bits per heavy atom. The topological polar surface area (TPSA) is 57.2 Å². The van der Waals surface area contributed by atoms with Crippen LogP contribution in [0.25, 0.3) is 0 Å². The molecule has 1 aliphatic heterocycles. The molecule has 0 aromatic carbocycles. The number of allylic oxidation sites excluding steroid dienone is 8. The first-order valence-electron chi connectivity index (χ1n) is 24.9. The van der Waals surface area contributed by atoms with E-state index in [4.69, 9.17) is 24.3 Å². The molecule has 0 N–H and O–H groups in total. The van der Waals surface area contributed by atoms with Crippen LogP contribution in [0.2, 0.25) is 0 Å². The molecule has 0 amide bonds. The highest BCUT2D eigenvalue weighted by Crippen LogP contribution is 2.11. The second-order valence-corrected chi connectivity index (χ2v) is 16.1. The van der Waals surface area contributed by atoms with Crippen molar-refractivity contribution in [1.29, 1.82) is 0 Å². The zero-order chi connectivity index (χ0) is 42.3. The number of nitrogens with zero attached hydrogens (tertiary/aromatic N) is 1. The molecule has 1 heterocycles. The van der Waals surface area contributed by atoms with Gasteiger partial charge in [-0.3, -0.25) is 0 Å². The maximum atomic E-state index is 8.00. The molecule has 1 saturated heterocycles. The molecule has 0 atom stereocenters. The van der Waals surface area contributed by atoms with Gasteiger partial charge in [0.1, 0.15) is 6.79 Å². The summed E-state index contributed by atoms with van der Waals surface area (Å²) in [6, 6.07) is 0. The average Bonchev–Trinajstić information content (AvgIpc) is 3.78. The van der Waals surface area contributed by atoms with Crippen LogP contribution in [0, 0.1) is 0 Å². The molecule has 0 spiro atoms. The number of rotatable bonds is 43. The summed E-state index contributed by atoms with van der Waals surface area (Å²) in [6.45, 7) is 15.7. The minimum Gasteiger partial charge on any atom is -0.307 e. The minimum absolute atomic E-state index is 0.704. The molecule has 0 radical (unpaired) electrons. The summed E-state index contributed by atoms with van der Waals surface area (Å²) >= 11 is 0. The van der Waals surface area contributed by atoms with Gasteiger partial charge in [-0.15, -0.1) is 0 Å². The summed E-state index contributed by atoms with van der Waals surface area (Å²) < 4.78 is 0. The van der Waals surface area contributed by atoms with Crippen LogP contribution in [0.3, 0.4) is 0 Å². The largest absolute Gasteiger partial charge is 0.307 e. The maximum absolute atomic E-state index is 8.00. The zero-order valence-electron chi connectivity index (χ0n) is 39.1. The van der Waals surface area contributed by atoms with Gasteiger partial charge in [0.15, 0.2) is 0 Å². The fourth-order valence-corrected chi connectivity index (χ4v) is 6.77. The van der Waals surface area contributed by atoms with E-state index in [9.17, 15) is 0 Å². The fraction of sp³-hybridized carbons (Fsp3) is 0.827. The van der Waals surface area contributed by atoms with E-state index >= 15 is 0 Å². The van der Waals surface area contributed by atoms with E-state index in [0.29, 0.717) is 13.2 Å². The number of unbranched alkanes of at least 4 members (excludes halogenated alkanes) is 23. The molecular formula is C52H99NO5. The number of carbonyl (C=O) groups is 1. The molecule has 342 valence electrons. The molecule has 6 nitrogen and oxygen atoms in total. The molecule has 0 saturated carbocycles. The van der Waals surface area contributed by atoms with Crippen molar-refractivity contribution in [2.24, 2.45) is 0 Å². The van der Waals surface area contributed by atoms with Gasteiger partial charge < -0.3 is 9.69 Å². The lowest BCUT2D eigenvalue weighted by molar-refractivity contribution is -0.296. The first kappa shape index (κ1) is 58.5. The van der Waals surface area contributed by atoms with Gasteiger partial charge in [0, 0.05) is 0 Å². The van der Waals surface area contributed by atoms with Crippen LogP contribution in [-0.4, -0.2) is 57.8 Å². The molecule has 1 aliphatic rings. The molecule has 0 bridgehead atoms. The highest BCUT2D eigenvalue weighted by molar-refractivity contribution is 5.11. The third-order valence-corrected chi connectivity index (χ3v) is 10.5. The van der Waals surface area contributed by atoms with Crippen LogP contribution in [0.4, 0.5) is 0 Å². The van der Waals surface area contributed by atoms with E-state index in [2.05, 4.69) is 74.3 Å². The Balaban J connectivity index is 0. The summed E-state index contributed by atoms with van der Waals surface area (Å²) in [5, 5.41) is 0. The van der Waals surface area contributed by atoms with Crippen LogP contribution in [-0.2, 0) is 24.3 Å². The lowest BCUT2D eigenvalue weighted by Crippen LogP contribution is -2.19. The second-order valence-electron chi connectivity index (χ2n) is 16.1. The molecule has 58 heavy (non-hydrogen) atoms. The third-order valence-electron chi connectivity index (χ3n) is 10.5. The lowest BCUT2D eigenvalue weighted by atomic mass is 10.1. The quantitative estimate of drug-likeness (QED) is 0.0264. The van der Waals surface area contributed by atoms with E-state index in [1.54, 1.807) is 0 Å². The van der Waals surface area contributed by atoms with Gasteiger partial charge in [0.25, 0.3) is 0 Å². The molecule has 0 unspecified atom stereocenters. The minimum atomic E-state index is 0.704. The van der Waals surface area contributed by atoms with Gasteiger partial charge >= 0.3 is 0 Å². The van der Waals surface area contributed by atoms with Crippen molar-refractivity contribution in [3.05, 3.63) is 48.6 Å². The van der Waals surface area contributed by atoms with E-state index in [1.807, 2.05) is 6.79 Å².